The number of hydrogen-bond donors (Lipinski definition) is 4. The van der Waals surface area contributed by atoms with E-state index >= 15 is 0 Å². The van der Waals surface area contributed by atoms with E-state index in [9.17, 15) is 18.4 Å². The first-order chi connectivity index (χ1) is 28.4. The fraction of sp³-hybridized carbons (Fsp3) is 0.385. The molecule has 16 nitrogen and oxygen atoms in total. The summed E-state index contributed by atoms with van der Waals surface area (Å²) in [7, 11) is 0. The third-order valence-corrected chi connectivity index (χ3v) is 10.0. The third-order valence-electron chi connectivity index (χ3n) is 9.61. The topological polar surface area (TPSA) is 192 Å². The molecule has 4 N–H and O–H groups in total. The summed E-state index contributed by atoms with van der Waals surface area (Å²) in [6, 6.07) is 3.24. The smallest absolute Gasteiger partial charge is 0.410 e. The maximum Gasteiger partial charge on any atom is 0.410 e. The number of aromatic nitrogens is 8. The lowest BCUT2D eigenvalue weighted by Crippen LogP contribution is -2.46. The summed E-state index contributed by atoms with van der Waals surface area (Å²) >= 11 is 12.1. The molecule has 310 valence electrons. The van der Waals surface area contributed by atoms with Crippen LogP contribution in [0.25, 0.3) is 44.8 Å². The summed E-state index contributed by atoms with van der Waals surface area (Å²) in [5.41, 5.74) is 2.64. The first-order valence-corrected chi connectivity index (χ1v) is 19.9. The number of nitrogens with zero attached hydrogens (tertiary/aromatic N) is 8. The van der Waals surface area contributed by atoms with Crippen LogP contribution in [0.4, 0.5) is 30.0 Å². The normalized spacial score (nSPS) is 16.8. The number of aromatic amines is 2. The number of hydrogen-bond acceptors (Lipinski definition) is 12. The lowest BCUT2D eigenvalue weighted by Gasteiger charge is -2.33. The molecule has 0 unspecified atom stereocenters. The van der Waals surface area contributed by atoms with E-state index in [0.717, 1.165) is 48.8 Å². The number of pyridine rings is 2. The summed E-state index contributed by atoms with van der Waals surface area (Å²) in [6.07, 6.45) is 11.0. The van der Waals surface area contributed by atoms with E-state index < -0.39 is 11.6 Å². The van der Waals surface area contributed by atoms with Crippen LogP contribution >= 0.6 is 23.2 Å². The third kappa shape index (κ3) is 9.88. The van der Waals surface area contributed by atoms with Gasteiger partial charge in [-0.25, -0.2) is 48.3 Å². The Morgan fingerprint density at radius 1 is 0.780 bits per heavy atom. The van der Waals surface area contributed by atoms with Gasteiger partial charge < -0.3 is 39.9 Å². The van der Waals surface area contributed by atoms with Crippen LogP contribution in [-0.2, 0) is 9.47 Å². The maximum atomic E-state index is 14.4. The van der Waals surface area contributed by atoms with Gasteiger partial charge in [-0.3, -0.25) is 0 Å². The molecule has 59 heavy (non-hydrogen) atoms. The highest BCUT2D eigenvalue weighted by molar-refractivity contribution is 6.31. The molecule has 8 rings (SSSR count). The lowest BCUT2D eigenvalue weighted by molar-refractivity contribution is 0.0694. The van der Waals surface area contributed by atoms with Crippen LogP contribution in [0.15, 0.2) is 49.3 Å². The second-order valence-electron chi connectivity index (χ2n) is 14.3. The minimum atomic E-state index is -0.559. The highest BCUT2D eigenvalue weighted by Gasteiger charge is 2.28. The zero-order chi connectivity index (χ0) is 41.6. The first-order valence-electron chi connectivity index (χ1n) is 19.2. The summed E-state index contributed by atoms with van der Waals surface area (Å²) in [5.74, 6) is -0.235. The summed E-state index contributed by atoms with van der Waals surface area (Å²) in [4.78, 5) is 59.0. The summed E-state index contributed by atoms with van der Waals surface area (Å²) < 4.78 is 39.2. The first kappa shape index (κ1) is 41.3. The Bertz CT molecular complexity index is 2450. The van der Waals surface area contributed by atoms with Crippen molar-refractivity contribution in [1.82, 2.24) is 49.7 Å². The van der Waals surface area contributed by atoms with Crippen LogP contribution in [0, 0.1) is 11.6 Å². The number of nitrogens with one attached hydrogen (secondary N) is 4. The van der Waals surface area contributed by atoms with Gasteiger partial charge in [0.15, 0.2) is 34.9 Å². The van der Waals surface area contributed by atoms with Gasteiger partial charge >= 0.3 is 12.2 Å². The van der Waals surface area contributed by atoms with Crippen LogP contribution in [0.5, 0.6) is 0 Å². The zero-order valence-electron chi connectivity index (χ0n) is 32.4. The largest absolute Gasteiger partial charge is 0.450 e. The second-order valence-corrected chi connectivity index (χ2v) is 15.1. The van der Waals surface area contributed by atoms with E-state index in [0.29, 0.717) is 76.9 Å². The monoisotopic (exact) mass is 850 g/mol. The van der Waals surface area contributed by atoms with Gasteiger partial charge in [0.05, 0.1) is 35.1 Å². The molecule has 0 bridgehead atoms. The number of carbonyl (C=O) groups excluding carboxylic acids is 2. The summed E-state index contributed by atoms with van der Waals surface area (Å²) in [5, 5.41) is 8.71. The molecule has 20 heteroatoms. The number of ether oxygens (including phenoxy) is 2. The molecular formula is C39H42Cl2F2N12O4. The molecule has 2 aliphatic rings. The van der Waals surface area contributed by atoms with Crippen LogP contribution in [0.2, 0.25) is 10.0 Å². The van der Waals surface area contributed by atoms with Crippen molar-refractivity contribution in [2.24, 2.45) is 0 Å². The number of carbonyl (C=O) groups is 2. The van der Waals surface area contributed by atoms with Crippen molar-refractivity contribution in [2.75, 3.05) is 43.4 Å². The van der Waals surface area contributed by atoms with Gasteiger partial charge in [-0.1, -0.05) is 23.2 Å². The molecule has 2 fully saturated rings. The predicted octanol–water partition coefficient (Wildman–Crippen LogP) is 8.08. The van der Waals surface area contributed by atoms with Crippen LogP contribution in [0.3, 0.4) is 0 Å². The summed E-state index contributed by atoms with van der Waals surface area (Å²) in [6.45, 7) is 7.78. The SMILES string of the molecule is CC(C)OC(=O)N1CCC[C@H](Nc2nc(-c3c[nH]c4ncc(Cl)cc34)ncc2F)C1.CCOC(=O)N1CCC[C@H](Nc2nc(-c3c[nH]c4ncc(Cl)cc34)ncc2F)C1. The molecule has 2 saturated heterocycles. The molecule has 6 aromatic heterocycles. The number of H-pyrrole nitrogens is 2. The minimum absolute atomic E-state index is 0.0911. The fourth-order valence-corrected chi connectivity index (χ4v) is 7.24. The molecule has 8 heterocycles. The predicted molar refractivity (Wildman–Crippen MR) is 219 cm³/mol. The van der Waals surface area contributed by atoms with Gasteiger partial charge in [0.25, 0.3) is 0 Å². The van der Waals surface area contributed by atoms with Crippen LogP contribution < -0.4 is 10.6 Å². The molecule has 0 saturated carbocycles. The van der Waals surface area contributed by atoms with Gasteiger partial charge in [0, 0.05) is 84.9 Å². The Morgan fingerprint density at radius 3 is 1.71 bits per heavy atom. The van der Waals surface area contributed by atoms with Crippen molar-refractivity contribution in [3.8, 4) is 22.8 Å². The molecule has 0 aliphatic carbocycles. The van der Waals surface area contributed by atoms with Crippen molar-refractivity contribution >= 4 is 69.1 Å². The van der Waals surface area contributed by atoms with Crippen LogP contribution in [0.1, 0.15) is 46.5 Å². The van der Waals surface area contributed by atoms with E-state index in [1.54, 1.807) is 53.6 Å². The second kappa shape index (κ2) is 18.4. The molecule has 0 spiro atoms. The van der Waals surface area contributed by atoms with Crippen LogP contribution in [-0.4, -0.2) is 113 Å². The lowest BCUT2D eigenvalue weighted by atomic mass is 10.1. The van der Waals surface area contributed by atoms with Gasteiger partial charge in [-0.15, -0.1) is 0 Å². The Kier molecular flexibility index (Phi) is 12.9. The van der Waals surface area contributed by atoms with Gasteiger partial charge in [0.1, 0.15) is 11.3 Å². The Labute approximate surface area is 347 Å². The number of halogens is 4. The molecule has 6 aromatic rings. The molecule has 0 radical (unpaired) electrons. The van der Waals surface area contributed by atoms with Gasteiger partial charge in [-0.2, -0.15) is 0 Å². The highest BCUT2D eigenvalue weighted by atomic mass is 35.5. The minimum Gasteiger partial charge on any atom is -0.450 e. The number of anilines is 2. The number of amides is 2. The maximum absolute atomic E-state index is 14.4. The number of piperidine rings is 2. The number of rotatable bonds is 8. The standard InChI is InChI=1S/C20H22ClFN6O2.C19H20ClFN6O2/c1-11(2)30-20(29)28-5-3-4-13(10-28)26-19-16(22)9-25-18(27-19)15-8-24-17-14(15)6-12(21)7-23-17;1-2-29-19(28)27-5-3-4-12(10-27)25-18-15(21)9-24-17(26-18)14-8-23-16-13(14)6-11(20)7-22-16/h6-9,11,13H,3-5,10H2,1-2H3,(H,23,24)(H,25,26,27);6-9,12H,2-5,10H2,1H3,(H,22,23)(H,24,25,26)/t13-;12-/m00/s1. The van der Waals surface area contributed by atoms with Gasteiger partial charge in [-0.05, 0) is 58.6 Å². The molecular weight excluding hydrogens is 809 g/mol. The fourth-order valence-electron chi connectivity index (χ4n) is 6.92. The van der Waals surface area contributed by atoms with Crippen molar-refractivity contribution in [3.63, 3.8) is 0 Å². The van der Waals surface area contributed by atoms with Gasteiger partial charge in [0.2, 0.25) is 0 Å². The Morgan fingerprint density at radius 2 is 1.25 bits per heavy atom. The number of fused-ring (bicyclic) bond motifs is 2. The van der Waals surface area contributed by atoms with E-state index in [-0.39, 0.29) is 42.0 Å². The molecule has 2 atom stereocenters. The molecule has 2 aliphatic heterocycles. The Balaban J connectivity index is 0.000000179. The van der Waals surface area contributed by atoms with E-state index in [4.69, 9.17) is 32.7 Å². The Hall–Kier alpha value is -5.88. The van der Waals surface area contributed by atoms with E-state index in [2.05, 4.69) is 50.5 Å². The molecule has 2 amide bonds. The average molecular weight is 852 g/mol. The van der Waals surface area contributed by atoms with Crippen molar-refractivity contribution in [1.29, 1.82) is 0 Å². The van der Waals surface area contributed by atoms with E-state index in [1.807, 2.05) is 13.8 Å². The van der Waals surface area contributed by atoms with Crippen molar-refractivity contribution < 1.29 is 27.8 Å². The zero-order valence-corrected chi connectivity index (χ0v) is 33.9. The quantitative estimate of drug-likeness (QED) is 0.115. The van der Waals surface area contributed by atoms with Crippen molar-refractivity contribution in [3.05, 3.63) is 71.0 Å². The average Bonchev–Trinajstić information content (AvgIpc) is 3.84. The van der Waals surface area contributed by atoms with Crippen molar-refractivity contribution in [2.45, 2.75) is 64.6 Å². The highest BCUT2D eigenvalue weighted by Crippen LogP contribution is 2.30. The van der Waals surface area contributed by atoms with E-state index in [1.165, 1.54) is 0 Å². The number of likely N-dealkylation sites (tertiary alicyclic amines) is 2. The molecule has 0 aromatic carbocycles.